The fourth-order valence-corrected chi connectivity index (χ4v) is 4.42. The quantitative estimate of drug-likeness (QED) is 0.815. The molecule has 0 radical (unpaired) electrons. The summed E-state index contributed by atoms with van der Waals surface area (Å²) in [5.74, 6) is 1.25. The molecule has 0 saturated carbocycles. The molecule has 2 aliphatic heterocycles. The van der Waals surface area contributed by atoms with Crippen LogP contribution in [0, 0.1) is 5.92 Å². The van der Waals surface area contributed by atoms with E-state index in [2.05, 4.69) is 5.32 Å². The summed E-state index contributed by atoms with van der Waals surface area (Å²) in [4.78, 5) is 26.4. The highest BCUT2D eigenvalue weighted by atomic mass is 16.5. The van der Waals surface area contributed by atoms with Gasteiger partial charge in [-0.2, -0.15) is 0 Å². The highest BCUT2D eigenvalue weighted by Gasteiger charge is 2.43. The third-order valence-corrected chi connectivity index (χ3v) is 6.02. The molecule has 3 rings (SSSR count). The molecule has 2 heterocycles. The first-order chi connectivity index (χ1) is 13.8. The summed E-state index contributed by atoms with van der Waals surface area (Å²) in [5.41, 5.74) is 1.94. The number of benzene rings is 1. The number of fused-ring (bicyclic) bond motifs is 2. The third kappa shape index (κ3) is 4.20. The summed E-state index contributed by atoms with van der Waals surface area (Å²) in [6.07, 6.45) is 2.26. The Labute approximate surface area is 172 Å². The van der Waals surface area contributed by atoms with Gasteiger partial charge in [-0.25, -0.2) is 0 Å². The summed E-state index contributed by atoms with van der Waals surface area (Å²) >= 11 is 0. The number of nitrogens with zero attached hydrogens (tertiary/aromatic N) is 1. The molecule has 7 nitrogen and oxygen atoms in total. The van der Waals surface area contributed by atoms with Crippen LogP contribution in [0.5, 0.6) is 11.5 Å². The number of piperidine rings is 1. The fourth-order valence-electron chi connectivity index (χ4n) is 4.42. The number of nitrogens with one attached hydrogen (secondary N) is 1. The van der Waals surface area contributed by atoms with Crippen molar-refractivity contribution in [3.8, 4) is 11.5 Å². The molecule has 1 saturated heterocycles. The first-order valence-electron chi connectivity index (χ1n) is 10.3. The predicted molar refractivity (Wildman–Crippen MR) is 109 cm³/mol. The van der Waals surface area contributed by atoms with E-state index in [1.54, 1.807) is 14.2 Å². The van der Waals surface area contributed by atoms with Gasteiger partial charge in [0.1, 0.15) is 6.04 Å². The molecule has 0 bridgehead atoms. The maximum Gasteiger partial charge on any atom is 0.245 e. The molecular weight excluding hydrogens is 372 g/mol. The summed E-state index contributed by atoms with van der Waals surface area (Å²) in [6.45, 7) is 7.18. The van der Waals surface area contributed by atoms with Gasteiger partial charge in [-0.3, -0.25) is 9.59 Å². The average Bonchev–Trinajstić information content (AvgIpc) is 2.71. The Bertz CT molecular complexity index is 769. The van der Waals surface area contributed by atoms with Gasteiger partial charge in [0.2, 0.25) is 11.8 Å². The van der Waals surface area contributed by atoms with E-state index in [1.165, 1.54) is 12.5 Å². The molecule has 0 aromatic heterocycles. The molecule has 160 valence electrons. The van der Waals surface area contributed by atoms with Gasteiger partial charge in [0, 0.05) is 20.0 Å². The van der Waals surface area contributed by atoms with Crippen molar-refractivity contribution in [2.24, 2.45) is 5.92 Å². The van der Waals surface area contributed by atoms with Gasteiger partial charge >= 0.3 is 0 Å². The molecule has 2 amide bonds. The molecule has 1 aromatic rings. The molecule has 1 fully saturated rings. The van der Waals surface area contributed by atoms with E-state index in [4.69, 9.17) is 14.2 Å². The highest BCUT2D eigenvalue weighted by Crippen LogP contribution is 2.45. The van der Waals surface area contributed by atoms with Crippen LogP contribution in [0.3, 0.4) is 0 Å². The number of methoxy groups -OCH3 is 2. The molecule has 1 aromatic carbocycles. The Morgan fingerprint density at radius 2 is 1.76 bits per heavy atom. The second kappa shape index (κ2) is 8.61. The first-order valence-corrected chi connectivity index (χ1v) is 10.3. The number of amides is 2. The molecule has 1 spiro atoms. The van der Waals surface area contributed by atoms with Gasteiger partial charge in [-0.15, -0.1) is 0 Å². The lowest BCUT2D eigenvalue weighted by Crippen LogP contribution is -2.55. The predicted octanol–water partition coefficient (Wildman–Crippen LogP) is 2.25. The minimum atomic E-state index is -0.495. The Balaban J connectivity index is 1.80. The molecular formula is C22H32N2O5. The zero-order valence-corrected chi connectivity index (χ0v) is 18.0. The standard InChI is InChI=1S/C22H32N2O5/c1-14(2)20(23-15(3)25)21(26)24-9-7-22(8-10-24)17-13-19(28-5)18(27-4)12-16(17)6-11-29-22/h12-14,20H,6-11H2,1-5H3,(H,23,25). The van der Waals surface area contributed by atoms with Crippen LogP contribution in [0.4, 0.5) is 0 Å². The minimum absolute atomic E-state index is 0.0200. The van der Waals surface area contributed by atoms with Gasteiger partial charge in [0.25, 0.3) is 0 Å². The van der Waals surface area contributed by atoms with Crippen molar-refractivity contribution in [2.75, 3.05) is 33.9 Å². The van der Waals surface area contributed by atoms with E-state index in [0.29, 0.717) is 38.3 Å². The lowest BCUT2D eigenvalue weighted by atomic mass is 9.79. The van der Waals surface area contributed by atoms with Crippen molar-refractivity contribution in [3.63, 3.8) is 0 Å². The van der Waals surface area contributed by atoms with Gasteiger partial charge in [0.15, 0.2) is 11.5 Å². The van der Waals surface area contributed by atoms with Crippen LogP contribution in [-0.4, -0.2) is 56.7 Å². The van der Waals surface area contributed by atoms with Crippen molar-refractivity contribution in [1.29, 1.82) is 0 Å². The highest BCUT2D eigenvalue weighted by molar-refractivity contribution is 5.87. The minimum Gasteiger partial charge on any atom is -0.493 e. The number of hydrogen-bond acceptors (Lipinski definition) is 5. The smallest absolute Gasteiger partial charge is 0.245 e. The second-order valence-corrected chi connectivity index (χ2v) is 8.20. The summed E-state index contributed by atoms with van der Waals surface area (Å²) in [7, 11) is 3.28. The van der Waals surface area contributed by atoms with Crippen LogP contribution in [0.15, 0.2) is 12.1 Å². The monoisotopic (exact) mass is 404 g/mol. The van der Waals surface area contributed by atoms with E-state index < -0.39 is 11.6 Å². The molecule has 29 heavy (non-hydrogen) atoms. The Morgan fingerprint density at radius 3 is 2.31 bits per heavy atom. The van der Waals surface area contributed by atoms with Crippen LogP contribution in [0.2, 0.25) is 0 Å². The van der Waals surface area contributed by atoms with Crippen LogP contribution < -0.4 is 14.8 Å². The zero-order chi connectivity index (χ0) is 21.2. The lowest BCUT2D eigenvalue weighted by Gasteiger charge is -2.46. The van der Waals surface area contributed by atoms with Crippen LogP contribution in [0.1, 0.15) is 44.7 Å². The SMILES string of the molecule is COc1cc2c(cc1OC)C1(CCN(C(=O)C(NC(C)=O)C(C)C)CC1)OCC2. The number of ether oxygens (including phenoxy) is 3. The largest absolute Gasteiger partial charge is 0.493 e. The summed E-state index contributed by atoms with van der Waals surface area (Å²) in [5, 5.41) is 2.80. The number of hydrogen-bond donors (Lipinski definition) is 1. The molecule has 1 unspecified atom stereocenters. The average molecular weight is 405 g/mol. The van der Waals surface area contributed by atoms with Crippen molar-refractivity contribution in [2.45, 2.75) is 51.7 Å². The number of carbonyl (C=O) groups excluding carboxylic acids is 2. The van der Waals surface area contributed by atoms with Gasteiger partial charge in [-0.05, 0) is 48.4 Å². The maximum absolute atomic E-state index is 13.0. The Hall–Kier alpha value is -2.28. The summed E-state index contributed by atoms with van der Waals surface area (Å²) in [6, 6.07) is 3.58. The topological polar surface area (TPSA) is 77.1 Å². The summed E-state index contributed by atoms with van der Waals surface area (Å²) < 4.78 is 17.3. The normalized spacial score (nSPS) is 18.9. The maximum atomic E-state index is 13.0. The van der Waals surface area contributed by atoms with Gasteiger partial charge in [0.05, 0.1) is 26.4 Å². The van der Waals surface area contributed by atoms with Crippen molar-refractivity contribution >= 4 is 11.8 Å². The van der Waals surface area contributed by atoms with Crippen molar-refractivity contribution < 1.29 is 23.8 Å². The van der Waals surface area contributed by atoms with Crippen LogP contribution >= 0.6 is 0 Å². The zero-order valence-electron chi connectivity index (χ0n) is 18.0. The second-order valence-electron chi connectivity index (χ2n) is 8.20. The van der Waals surface area contributed by atoms with E-state index >= 15 is 0 Å². The van der Waals surface area contributed by atoms with Crippen LogP contribution in [0.25, 0.3) is 0 Å². The van der Waals surface area contributed by atoms with E-state index in [1.807, 2.05) is 30.9 Å². The van der Waals surface area contributed by atoms with E-state index in [9.17, 15) is 9.59 Å². The first kappa shape index (κ1) is 21.4. The Morgan fingerprint density at radius 1 is 1.14 bits per heavy atom. The van der Waals surface area contributed by atoms with Crippen molar-refractivity contribution in [1.82, 2.24) is 10.2 Å². The molecule has 2 aliphatic rings. The molecule has 1 N–H and O–H groups in total. The Kier molecular flexibility index (Phi) is 6.36. The van der Waals surface area contributed by atoms with Crippen molar-refractivity contribution in [3.05, 3.63) is 23.3 Å². The number of likely N-dealkylation sites (tertiary alicyclic amines) is 1. The van der Waals surface area contributed by atoms with Crippen LogP contribution in [-0.2, 0) is 26.3 Å². The van der Waals surface area contributed by atoms with Gasteiger partial charge in [-0.1, -0.05) is 13.8 Å². The molecule has 7 heteroatoms. The fraction of sp³-hybridized carbons (Fsp3) is 0.636. The molecule has 0 aliphatic carbocycles. The number of carbonyl (C=O) groups is 2. The van der Waals surface area contributed by atoms with E-state index in [0.717, 1.165) is 17.7 Å². The van der Waals surface area contributed by atoms with E-state index in [-0.39, 0.29) is 17.7 Å². The molecule has 1 atom stereocenters. The third-order valence-electron chi connectivity index (χ3n) is 6.02. The number of rotatable bonds is 5. The van der Waals surface area contributed by atoms with Gasteiger partial charge < -0.3 is 24.4 Å². The lowest BCUT2D eigenvalue weighted by molar-refractivity contribution is -0.145.